The van der Waals surface area contributed by atoms with Crippen LogP contribution in [0.3, 0.4) is 0 Å². The molecule has 1 aliphatic rings. The molecule has 1 saturated heterocycles. The van der Waals surface area contributed by atoms with E-state index in [4.69, 9.17) is 6.11 Å². The van der Waals surface area contributed by atoms with Crippen molar-refractivity contribution in [1.29, 1.82) is 0 Å². The highest BCUT2D eigenvalue weighted by Gasteiger charge is 2.46. The van der Waals surface area contributed by atoms with E-state index >= 15 is 0 Å². The normalized spacial score (nSPS) is 33.0. The number of methoxy groups -OCH3 is 1. The van der Waals surface area contributed by atoms with Crippen molar-refractivity contribution in [3.63, 3.8) is 0 Å². The number of nitrogens with zero attached hydrogens (tertiary/aromatic N) is 1. The first kappa shape index (κ1) is 13.1. The summed E-state index contributed by atoms with van der Waals surface area (Å²) in [6.07, 6.45) is -3.01. The summed E-state index contributed by atoms with van der Waals surface area (Å²) >= 11 is 0. The van der Waals surface area contributed by atoms with Gasteiger partial charge in [-0.15, -0.1) is 0 Å². The molecule has 0 aromatic heterocycles. The molecule has 6 nitrogen and oxygen atoms in total. The van der Waals surface area contributed by atoms with E-state index in [0.29, 0.717) is 0 Å². The van der Waals surface area contributed by atoms with Gasteiger partial charge in [-0.25, -0.2) is 9.59 Å². The highest BCUT2D eigenvalue weighted by Crippen LogP contribution is 2.30. The summed E-state index contributed by atoms with van der Waals surface area (Å²) in [7, 11) is 1.18. The first-order valence-corrected chi connectivity index (χ1v) is 5.79. The zero-order valence-electron chi connectivity index (χ0n) is 12.3. The molecule has 1 rings (SSSR count). The van der Waals surface area contributed by atoms with E-state index in [-0.39, 0.29) is 0 Å². The van der Waals surface area contributed by atoms with E-state index in [1.807, 2.05) is 0 Å². The topological polar surface area (TPSA) is 76.1 Å². The number of ether oxygens (including phenoxy) is 2. The van der Waals surface area contributed by atoms with Crippen LogP contribution in [0.25, 0.3) is 0 Å². The molecule has 1 aliphatic heterocycles. The lowest BCUT2D eigenvalue weighted by Crippen LogP contribution is -2.48. The number of rotatable bonds is 1. The van der Waals surface area contributed by atoms with E-state index in [0.717, 1.165) is 4.90 Å². The van der Waals surface area contributed by atoms with Crippen molar-refractivity contribution in [2.75, 3.05) is 7.11 Å². The van der Waals surface area contributed by atoms with E-state index in [1.54, 1.807) is 27.7 Å². The van der Waals surface area contributed by atoms with Crippen molar-refractivity contribution in [1.82, 2.24) is 4.90 Å². The first-order chi connectivity index (χ1) is 8.60. The second-order valence-electron chi connectivity index (χ2n) is 5.32. The Bertz CT molecular complexity index is 368. The van der Waals surface area contributed by atoms with E-state index in [9.17, 15) is 14.7 Å². The molecule has 0 aliphatic carbocycles. The number of hydrogen-bond acceptors (Lipinski definition) is 5. The van der Waals surface area contributed by atoms with Crippen LogP contribution in [0.5, 0.6) is 0 Å². The molecule has 0 spiro atoms. The molecule has 18 heavy (non-hydrogen) atoms. The van der Waals surface area contributed by atoms with Gasteiger partial charge in [-0.05, 0) is 27.2 Å². The summed E-state index contributed by atoms with van der Waals surface area (Å²) in [6, 6.07) is -1.15. The summed E-state index contributed by atoms with van der Waals surface area (Å²) in [5.41, 5.74) is -0.749. The zero-order valence-corrected chi connectivity index (χ0v) is 11.3. The molecule has 0 bridgehead atoms. The Morgan fingerprint density at radius 1 is 1.44 bits per heavy atom. The quantitative estimate of drug-likeness (QED) is 0.715. The van der Waals surface area contributed by atoms with Gasteiger partial charge >= 0.3 is 12.1 Å². The van der Waals surface area contributed by atoms with E-state index in [1.165, 1.54) is 7.11 Å². The molecule has 6 heteroatoms. The lowest BCUT2D eigenvalue weighted by atomic mass is 10.1. The van der Waals surface area contributed by atoms with Crippen molar-refractivity contribution in [3.05, 3.63) is 0 Å². The number of hydrogen-bond donors (Lipinski definition) is 1. The molecule has 1 N–H and O–H groups in total. The predicted octanol–water partition coefficient (Wildman–Crippen LogP) is 1.12. The van der Waals surface area contributed by atoms with Gasteiger partial charge in [0.1, 0.15) is 17.9 Å². The van der Waals surface area contributed by atoms with Gasteiger partial charge in [0.15, 0.2) is 0 Å². The molecular weight excluding hydrogens is 238 g/mol. The Morgan fingerprint density at radius 2 is 2.00 bits per heavy atom. The van der Waals surface area contributed by atoms with Gasteiger partial charge in [0.2, 0.25) is 0 Å². The maximum atomic E-state index is 12.0. The van der Waals surface area contributed by atoms with Gasteiger partial charge < -0.3 is 14.6 Å². The Hall–Kier alpha value is -1.30. The maximum absolute atomic E-state index is 12.0. The van der Waals surface area contributed by atoms with Crippen molar-refractivity contribution >= 4 is 12.1 Å². The van der Waals surface area contributed by atoms with Crippen LogP contribution < -0.4 is 0 Å². The van der Waals surface area contributed by atoms with Crippen molar-refractivity contribution < 1.29 is 25.5 Å². The number of aliphatic hydroxyl groups excluding tert-OH is 1. The summed E-state index contributed by atoms with van der Waals surface area (Å²) in [6.45, 7) is 6.65. The molecule has 104 valence electrons. The van der Waals surface area contributed by atoms with Gasteiger partial charge in [0.05, 0.1) is 7.11 Å². The lowest BCUT2D eigenvalue weighted by molar-refractivity contribution is -0.148. The number of carbonyl (C=O) groups excluding carboxylic acids is 2. The lowest BCUT2D eigenvalue weighted by Gasteiger charge is -2.29. The van der Waals surface area contributed by atoms with Crippen LogP contribution in [-0.2, 0) is 14.3 Å². The Balaban J connectivity index is 3.00. The van der Waals surface area contributed by atoms with E-state index < -0.39 is 42.2 Å². The fourth-order valence-electron chi connectivity index (χ4n) is 1.75. The van der Waals surface area contributed by atoms with Crippen LogP contribution in [0.2, 0.25) is 0 Å². The molecule has 0 radical (unpaired) electrons. The minimum Gasteiger partial charge on any atom is -0.467 e. The van der Waals surface area contributed by atoms with Crippen LogP contribution in [-0.4, -0.2) is 47.0 Å². The Kier molecular flexibility index (Phi) is 3.75. The summed E-state index contributed by atoms with van der Waals surface area (Å²) in [5.74, 6) is -1.29. The summed E-state index contributed by atoms with van der Waals surface area (Å²) in [5, 5.41) is 10.0. The summed E-state index contributed by atoms with van der Waals surface area (Å²) in [4.78, 5) is 24.6. The molecule has 0 aromatic carbocycles. The highest BCUT2D eigenvalue weighted by atomic mass is 16.6. The van der Waals surface area contributed by atoms with Crippen molar-refractivity contribution in [2.24, 2.45) is 5.92 Å². The van der Waals surface area contributed by atoms with Gasteiger partial charge in [-0.2, -0.15) is 0 Å². The number of carbonyl (C=O) groups is 2. The molecule has 1 amide bonds. The Labute approximate surface area is 108 Å². The van der Waals surface area contributed by atoms with Crippen LogP contribution in [0.4, 0.5) is 4.79 Å². The molecule has 0 saturated carbocycles. The van der Waals surface area contributed by atoms with Gasteiger partial charge in [0.25, 0.3) is 0 Å². The summed E-state index contributed by atoms with van der Waals surface area (Å²) < 4.78 is 17.6. The third-order valence-electron chi connectivity index (χ3n) is 2.59. The molecule has 0 aromatic rings. The number of esters is 1. The maximum Gasteiger partial charge on any atom is 0.413 e. The Morgan fingerprint density at radius 3 is 2.44 bits per heavy atom. The monoisotopic (exact) mass is 260 g/mol. The molecule has 4 atom stereocenters. The average Bonchev–Trinajstić information content (AvgIpc) is 2.50. The molecule has 1 heterocycles. The number of amides is 1. The van der Waals surface area contributed by atoms with Crippen LogP contribution in [0.15, 0.2) is 0 Å². The first-order valence-electron chi connectivity index (χ1n) is 6.37. The third-order valence-corrected chi connectivity index (χ3v) is 2.59. The smallest absolute Gasteiger partial charge is 0.413 e. The van der Waals surface area contributed by atoms with E-state index in [2.05, 4.69) is 4.74 Å². The third kappa shape index (κ3) is 3.13. The van der Waals surface area contributed by atoms with Crippen LogP contribution >= 0.6 is 0 Å². The fraction of sp³-hybridized carbons (Fsp3) is 0.833. The highest BCUT2D eigenvalue weighted by molar-refractivity contribution is 5.82. The fourth-order valence-corrected chi connectivity index (χ4v) is 1.75. The van der Waals surface area contributed by atoms with Gasteiger partial charge in [-0.1, -0.05) is 6.92 Å². The average molecular weight is 260 g/mol. The van der Waals surface area contributed by atoms with Crippen LogP contribution in [0.1, 0.15) is 35.5 Å². The van der Waals surface area contributed by atoms with Crippen LogP contribution in [0, 0.1) is 5.92 Å². The predicted molar refractivity (Wildman–Crippen MR) is 63.7 cm³/mol. The van der Waals surface area contributed by atoms with Gasteiger partial charge in [0, 0.05) is 7.29 Å². The second-order valence-corrected chi connectivity index (χ2v) is 5.32. The molecule has 2 unspecified atom stereocenters. The second kappa shape index (κ2) is 5.14. The minimum atomic E-state index is -1.23. The molecule has 1 fully saturated rings. The van der Waals surface area contributed by atoms with Crippen molar-refractivity contribution in [2.45, 2.75) is 52.0 Å². The zero-order chi connectivity index (χ0) is 15.0. The SMILES string of the molecule is [2H][C@H]1C(C)C(O)N(C(=O)OC(C)(C)C)[C@@H]1C(=O)OC. The standard InChI is InChI=1S/C12H21NO5/c1-7-6-8(10(15)17-5)13(9(7)14)11(16)18-12(2,3)4/h7-9,14H,6H2,1-5H3/t7?,8-,9?/m0/s1/i6D/t6-,7?,8-,9?. The largest absolute Gasteiger partial charge is 0.467 e. The van der Waals surface area contributed by atoms with Crippen molar-refractivity contribution in [3.8, 4) is 0 Å². The van der Waals surface area contributed by atoms with Gasteiger partial charge in [-0.3, -0.25) is 4.90 Å². The minimum absolute atomic E-state index is 0.559. The number of likely N-dealkylation sites (tertiary alicyclic amines) is 1. The molecular formula is C12H21NO5. The number of aliphatic hydroxyl groups is 1.